The lowest BCUT2D eigenvalue weighted by molar-refractivity contribution is -0.117. The maximum absolute atomic E-state index is 13.0. The van der Waals surface area contributed by atoms with Gasteiger partial charge in [-0.25, -0.2) is 0 Å². The first kappa shape index (κ1) is 36.3. The topological polar surface area (TPSA) is 119 Å². The predicted octanol–water partition coefficient (Wildman–Crippen LogP) is 4.16. The molecule has 4 N–H and O–H groups in total. The normalized spacial score (nSPS) is 17.4. The number of amides is 2. The Morgan fingerprint density at radius 3 is 1.41 bits per heavy atom. The molecule has 3 aromatic rings. The van der Waals surface area contributed by atoms with Gasteiger partial charge in [-0.15, -0.1) is 0 Å². The van der Waals surface area contributed by atoms with Crippen LogP contribution in [-0.2, 0) is 22.4 Å². The number of nitrogens with one attached hydrogen (secondary N) is 4. The fourth-order valence-electron chi connectivity index (χ4n) is 6.23. The molecule has 10 nitrogen and oxygen atoms in total. The van der Waals surface area contributed by atoms with Crippen molar-refractivity contribution < 1.29 is 9.59 Å². The van der Waals surface area contributed by atoms with Crippen LogP contribution in [0, 0.1) is 10.8 Å². The molecule has 2 atom stereocenters. The Morgan fingerprint density at radius 1 is 0.652 bits per heavy atom. The Morgan fingerprint density at radius 2 is 1.04 bits per heavy atom. The number of rotatable bonds is 12. The lowest BCUT2D eigenvalue weighted by Crippen LogP contribution is -2.38. The molecule has 3 aromatic carbocycles. The summed E-state index contributed by atoms with van der Waals surface area (Å²) in [5, 5.41) is 23.1. The third kappa shape index (κ3) is 8.97. The molecule has 2 aliphatic rings. The summed E-state index contributed by atoms with van der Waals surface area (Å²) in [6, 6.07) is 27.8. The van der Waals surface area contributed by atoms with Crippen molar-refractivity contribution in [2.75, 3.05) is 49.9 Å². The van der Waals surface area contributed by atoms with E-state index in [4.69, 9.17) is 10.8 Å². The summed E-state index contributed by atoms with van der Waals surface area (Å²) in [4.78, 5) is 33.7. The minimum atomic E-state index is -0.218. The minimum Gasteiger partial charge on any atom is -0.338 e. The second kappa shape index (κ2) is 17.0. The first-order valence-corrected chi connectivity index (χ1v) is 15.3. The molecular weight excluding hydrogens is 617 g/mol. The van der Waals surface area contributed by atoms with E-state index >= 15 is 0 Å². The maximum Gasteiger partial charge on any atom is 0.244 e. The zero-order chi connectivity index (χ0) is 31.1. The smallest absolute Gasteiger partial charge is 0.244 e. The van der Waals surface area contributed by atoms with Crippen LogP contribution in [0.4, 0.5) is 11.4 Å². The van der Waals surface area contributed by atoms with Gasteiger partial charge in [-0.3, -0.25) is 20.4 Å². The van der Waals surface area contributed by atoms with Crippen LogP contribution in [0.3, 0.4) is 0 Å². The third-order valence-electron chi connectivity index (χ3n) is 8.30. The van der Waals surface area contributed by atoms with Gasteiger partial charge < -0.3 is 30.2 Å². The average molecular weight is 663 g/mol. The fourth-order valence-corrected chi connectivity index (χ4v) is 6.23. The lowest BCUT2D eigenvalue weighted by atomic mass is 10.1. The summed E-state index contributed by atoms with van der Waals surface area (Å²) in [5.74, 6) is 0.294. The molecule has 2 fully saturated rings. The number of carbonyl (C=O) groups is 2. The van der Waals surface area contributed by atoms with Crippen molar-refractivity contribution in [1.82, 2.24) is 19.6 Å². The number of likely N-dealkylation sites (N-methyl/N-ethyl adjacent to an activating group) is 2. The number of anilines is 2. The van der Waals surface area contributed by atoms with E-state index in [1.807, 2.05) is 69.8 Å². The summed E-state index contributed by atoms with van der Waals surface area (Å²) in [6.45, 7) is 6.85. The highest BCUT2D eigenvalue weighted by Crippen LogP contribution is 2.22. The van der Waals surface area contributed by atoms with Gasteiger partial charge in [0.15, 0.2) is 11.9 Å². The van der Waals surface area contributed by atoms with Crippen molar-refractivity contribution >= 4 is 62.1 Å². The molecule has 0 aliphatic carbocycles. The van der Waals surface area contributed by atoms with Crippen LogP contribution >= 0.6 is 27.0 Å². The van der Waals surface area contributed by atoms with Gasteiger partial charge in [0.1, 0.15) is 13.1 Å². The van der Waals surface area contributed by atoms with Gasteiger partial charge in [-0.05, 0) is 56.0 Å². The van der Waals surface area contributed by atoms with Gasteiger partial charge in [-0.1, -0.05) is 66.7 Å². The molecular formula is C34H46N8O2S2. The summed E-state index contributed by atoms with van der Waals surface area (Å²) in [5.41, 5.74) is 3.57. The van der Waals surface area contributed by atoms with Crippen LogP contribution in [0.1, 0.15) is 25.0 Å². The average Bonchev–Trinajstić information content (AvgIpc) is 3.47. The van der Waals surface area contributed by atoms with Crippen molar-refractivity contribution in [3.8, 4) is 0 Å². The first-order chi connectivity index (χ1) is 21.3. The van der Waals surface area contributed by atoms with E-state index in [-0.39, 0.29) is 64.0 Å². The summed E-state index contributed by atoms with van der Waals surface area (Å²) in [6.07, 6.45) is 1.63. The van der Waals surface area contributed by atoms with Gasteiger partial charge in [0, 0.05) is 37.6 Å². The monoisotopic (exact) mass is 662 g/mol. The Balaban J connectivity index is 0.00000288. The first-order valence-electron chi connectivity index (χ1n) is 15.3. The highest BCUT2D eigenvalue weighted by atomic mass is 32.1. The van der Waals surface area contributed by atoms with Crippen molar-refractivity contribution in [3.05, 3.63) is 96.1 Å². The van der Waals surface area contributed by atoms with E-state index in [0.29, 0.717) is 49.5 Å². The van der Waals surface area contributed by atoms with E-state index in [1.54, 1.807) is 24.3 Å². The van der Waals surface area contributed by atoms with Crippen LogP contribution in [0.5, 0.6) is 0 Å². The van der Waals surface area contributed by atoms with Crippen molar-refractivity contribution in [1.29, 1.82) is 10.8 Å². The van der Waals surface area contributed by atoms with Crippen LogP contribution in [0.2, 0.25) is 0 Å². The Bertz CT molecular complexity index is 1370. The second-order valence-electron chi connectivity index (χ2n) is 11.3. The van der Waals surface area contributed by atoms with Gasteiger partial charge in [0.05, 0.1) is 12.1 Å². The van der Waals surface area contributed by atoms with Crippen LogP contribution < -0.4 is 10.6 Å². The molecule has 0 aromatic heterocycles. The molecule has 0 bridgehead atoms. The molecule has 0 saturated carbocycles. The van der Waals surface area contributed by atoms with Crippen LogP contribution in [0.25, 0.3) is 0 Å². The molecule has 0 radical (unpaired) electrons. The summed E-state index contributed by atoms with van der Waals surface area (Å²) >= 11 is 0. The third-order valence-corrected chi connectivity index (χ3v) is 8.30. The lowest BCUT2D eigenvalue weighted by Gasteiger charge is -2.23. The van der Waals surface area contributed by atoms with Gasteiger partial charge in [0.25, 0.3) is 0 Å². The second-order valence-corrected chi connectivity index (χ2v) is 11.3. The highest BCUT2D eigenvalue weighted by Gasteiger charge is 2.35. The Kier molecular flexibility index (Phi) is 13.4. The number of hydrogen-bond donors (Lipinski definition) is 4. The van der Waals surface area contributed by atoms with Gasteiger partial charge in [0.2, 0.25) is 11.8 Å². The molecule has 246 valence electrons. The van der Waals surface area contributed by atoms with Crippen molar-refractivity contribution in [3.63, 3.8) is 0 Å². The molecule has 2 heterocycles. The van der Waals surface area contributed by atoms with E-state index in [2.05, 4.69) is 34.9 Å². The number of benzene rings is 3. The minimum absolute atomic E-state index is 0. The molecule has 2 amide bonds. The zero-order valence-corrected chi connectivity index (χ0v) is 28.5. The van der Waals surface area contributed by atoms with E-state index < -0.39 is 0 Å². The SMILES string of the molecule is CCN1C(=N)N(CC(=O)Nc2cccc(NC(=O)CN3C[C@H](Cc4ccccc4)N(CC)C3=N)c2)C[C@@H]1Cc1ccccc1.S.S. The predicted molar refractivity (Wildman–Crippen MR) is 196 cm³/mol. The summed E-state index contributed by atoms with van der Waals surface area (Å²) < 4.78 is 0. The molecule has 0 unspecified atom stereocenters. The van der Waals surface area contributed by atoms with Crippen molar-refractivity contribution in [2.45, 2.75) is 38.8 Å². The molecule has 2 saturated heterocycles. The largest absolute Gasteiger partial charge is 0.338 e. The molecule has 5 rings (SSSR count). The van der Waals surface area contributed by atoms with E-state index in [9.17, 15) is 9.59 Å². The quantitative estimate of drug-likeness (QED) is 0.232. The molecule has 2 aliphatic heterocycles. The standard InChI is InChI=1S/C34H42N8O2.2H2S/c1-3-41-29(18-25-12-7-5-8-13-25)21-39(33(41)35)23-31(43)37-27-16-11-17-28(20-27)38-32(44)24-40-22-30(42(4-2)34(40)36)19-26-14-9-6-10-15-26;;/h5-17,20,29-30,35-36H,3-4,18-19,21-24H2,1-2H3,(H,37,43)(H,38,44);2*1H2/t29-,30-;;/m0../s1. The van der Waals surface area contributed by atoms with Gasteiger partial charge >= 0.3 is 0 Å². The number of hydrogen-bond acceptors (Lipinski definition) is 4. The van der Waals surface area contributed by atoms with Gasteiger partial charge in [-0.2, -0.15) is 27.0 Å². The highest BCUT2D eigenvalue weighted by molar-refractivity contribution is 7.59. The van der Waals surface area contributed by atoms with E-state index in [0.717, 1.165) is 12.8 Å². The molecule has 46 heavy (non-hydrogen) atoms. The zero-order valence-electron chi connectivity index (χ0n) is 26.5. The van der Waals surface area contributed by atoms with Crippen LogP contribution in [0.15, 0.2) is 84.9 Å². The van der Waals surface area contributed by atoms with Crippen LogP contribution in [-0.4, -0.2) is 94.7 Å². The summed E-state index contributed by atoms with van der Waals surface area (Å²) in [7, 11) is 0. The number of guanidine groups is 2. The number of carbonyl (C=O) groups excluding carboxylic acids is 2. The Hall–Kier alpha value is -4.16. The van der Waals surface area contributed by atoms with E-state index in [1.165, 1.54) is 11.1 Å². The Labute approximate surface area is 286 Å². The number of nitrogens with zero attached hydrogens (tertiary/aromatic N) is 4. The molecule has 0 spiro atoms. The van der Waals surface area contributed by atoms with Crippen molar-refractivity contribution in [2.24, 2.45) is 0 Å². The molecule has 12 heteroatoms. The fraction of sp³-hybridized carbons (Fsp3) is 0.353. The maximum atomic E-state index is 13.0.